The number of nitrogens with zero attached hydrogens (tertiary/aromatic N) is 3. The highest BCUT2D eigenvalue weighted by atomic mass is 16.2. The Kier molecular flexibility index (Phi) is 4.59. The molecule has 3 aliphatic rings. The van der Waals surface area contributed by atoms with E-state index in [4.69, 9.17) is 0 Å². The molecule has 4 rings (SSSR count). The first-order chi connectivity index (χ1) is 12.2. The number of hydrogen-bond acceptors (Lipinski definition) is 3. The van der Waals surface area contributed by atoms with Gasteiger partial charge >= 0.3 is 6.03 Å². The Morgan fingerprint density at radius 1 is 1.08 bits per heavy atom. The smallest absolute Gasteiger partial charge is 0.323 e. The van der Waals surface area contributed by atoms with Crippen LogP contribution in [0.1, 0.15) is 56.6 Å². The summed E-state index contributed by atoms with van der Waals surface area (Å²) in [6, 6.07) is 6.08. The minimum absolute atomic E-state index is 0.0751. The van der Waals surface area contributed by atoms with Crippen molar-refractivity contribution < 1.29 is 9.59 Å². The summed E-state index contributed by atoms with van der Waals surface area (Å²) in [6.45, 7) is 2.32. The molecule has 1 N–H and O–H groups in total. The summed E-state index contributed by atoms with van der Waals surface area (Å²) in [7, 11) is 0. The summed E-state index contributed by atoms with van der Waals surface area (Å²) in [5, 5.41) is 2.95. The van der Waals surface area contributed by atoms with Crippen molar-refractivity contribution >= 4 is 17.8 Å². The molecule has 2 saturated heterocycles. The van der Waals surface area contributed by atoms with Gasteiger partial charge in [0.1, 0.15) is 5.82 Å². The molecule has 6 nitrogen and oxygen atoms in total. The maximum atomic E-state index is 12.6. The zero-order valence-electron chi connectivity index (χ0n) is 14.6. The summed E-state index contributed by atoms with van der Waals surface area (Å²) in [5.74, 6) is 1.50. The molecule has 0 aromatic carbocycles. The molecule has 1 saturated carbocycles. The fourth-order valence-corrected chi connectivity index (χ4v) is 3.96. The second kappa shape index (κ2) is 7.02. The first-order valence-electron chi connectivity index (χ1n) is 9.53. The Hall–Kier alpha value is -2.11. The molecule has 1 aromatic heterocycles. The number of urea groups is 1. The average molecular weight is 342 g/mol. The van der Waals surface area contributed by atoms with E-state index in [1.807, 2.05) is 28.0 Å². The molecule has 0 bridgehead atoms. The third kappa shape index (κ3) is 3.78. The third-order valence-corrected chi connectivity index (χ3v) is 5.54. The van der Waals surface area contributed by atoms with Gasteiger partial charge in [0.05, 0.1) is 0 Å². The fourth-order valence-electron chi connectivity index (χ4n) is 3.96. The van der Waals surface area contributed by atoms with Crippen LogP contribution in [0, 0.1) is 0 Å². The average Bonchev–Trinajstić information content (AvgIpc) is 3.41. The molecular formula is C19H26N4O2. The number of aromatic nitrogens is 1. The van der Waals surface area contributed by atoms with Crippen LogP contribution < -0.4 is 5.32 Å². The highest BCUT2D eigenvalue weighted by Crippen LogP contribution is 2.39. The first-order valence-corrected chi connectivity index (χ1v) is 9.53. The van der Waals surface area contributed by atoms with Crippen molar-refractivity contribution in [3.05, 3.63) is 23.9 Å². The lowest BCUT2D eigenvalue weighted by Crippen LogP contribution is -2.39. The molecule has 1 unspecified atom stereocenters. The van der Waals surface area contributed by atoms with Crippen LogP contribution in [0.25, 0.3) is 0 Å². The lowest BCUT2D eigenvalue weighted by Gasteiger charge is -2.27. The maximum absolute atomic E-state index is 12.6. The lowest BCUT2D eigenvalue weighted by atomic mass is 10.1. The zero-order chi connectivity index (χ0) is 17.2. The zero-order valence-corrected chi connectivity index (χ0v) is 14.6. The highest BCUT2D eigenvalue weighted by Gasteiger charge is 2.30. The van der Waals surface area contributed by atoms with Gasteiger partial charge in [-0.15, -0.1) is 0 Å². The summed E-state index contributed by atoms with van der Waals surface area (Å²) >= 11 is 0. The molecule has 0 spiro atoms. The van der Waals surface area contributed by atoms with Crippen molar-refractivity contribution in [2.24, 2.45) is 0 Å². The number of carbonyl (C=O) groups is 2. The molecule has 2 aliphatic heterocycles. The first kappa shape index (κ1) is 16.4. The number of rotatable bonds is 3. The van der Waals surface area contributed by atoms with Crippen molar-refractivity contribution in [2.45, 2.75) is 56.9 Å². The topological polar surface area (TPSA) is 65.5 Å². The van der Waals surface area contributed by atoms with Crippen LogP contribution in [0.15, 0.2) is 18.2 Å². The predicted octanol–water partition coefficient (Wildman–Crippen LogP) is 2.97. The van der Waals surface area contributed by atoms with Crippen molar-refractivity contribution in [2.75, 3.05) is 25.0 Å². The normalized spacial score (nSPS) is 24.3. The molecule has 3 amide bonds. The van der Waals surface area contributed by atoms with Crippen LogP contribution in [0.5, 0.6) is 0 Å². The lowest BCUT2D eigenvalue weighted by molar-refractivity contribution is -0.129. The van der Waals surface area contributed by atoms with E-state index >= 15 is 0 Å². The predicted molar refractivity (Wildman–Crippen MR) is 95.4 cm³/mol. The van der Waals surface area contributed by atoms with Gasteiger partial charge in [0.25, 0.3) is 0 Å². The maximum Gasteiger partial charge on any atom is 0.323 e. The molecule has 25 heavy (non-hydrogen) atoms. The van der Waals surface area contributed by atoms with E-state index in [2.05, 4.69) is 10.3 Å². The van der Waals surface area contributed by atoms with Crippen molar-refractivity contribution in [1.29, 1.82) is 0 Å². The van der Waals surface area contributed by atoms with Gasteiger partial charge in [-0.05, 0) is 50.7 Å². The van der Waals surface area contributed by atoms with E-state index in [0.29, 0.717) is 30.7 Å². The van der Waals surface area contributed by atoms with E-state index in [0.717, 1.165) is 44.5 Å². The van der Waals surface area contributed by atoms with Gasteiger partial charge in [-0.1, -0.05) is 6.07 Å². The van der Waals surface area contributed by atoms with Gasteiger partial charge in [-0.3, -0.25) is 10.1 Å². The Morgan fingerprint density at radius 2 is 1.96 bits per heavy atom. The van der Waals surface area contributed by atoms with Gasteiger partial charge in [-0.2, -0.15) is 0 Å². The summed E-state index contributed by atoms with van der Waals surface area (Å²) < 4.78 is 0. The van der Waals surface area contributed by atoms with Gasteiger partial charge in [-0.25, -0.2) is 9.78 Å². The van der Waals surface area contributed by atoms with E-state index in [1.165, 1.54) is 12.8 Å². The van der Waals surface area contributed by atoms with E-state index in [-0.39, 0.29) is 11.9 Å². The van der Waals surface area contributed by atoms with Gasteiger partial charge in [0, 0.05) is 43.7 Å². The monoisotopic (exact) mass is 342 g/mol. The molecule has 3 fully saturated rings. The minimum atomic E-state index is -0.0751. The van der Waals surface area contributed by atoms with Crippen LogP contribution in [0.3, 0.4) is 0 Å². The van der Waals surface area contributed by atoms with Gasteiger partial charge in [0.15, 0.2) is 0 Å². The minimum Gasteiger partial charge on any atom is -0.340 e. The van der Waals surface area contributed by atoms with Crippen LogP contribution in [0.4, 0.5) is 10.6 Å². The Balaban J connectivity index is 1.34. The number of amides is 3. The van der Waals surface area contributed by atoms with E-state index < -0.39 is 0 Å². The van der Waals surface area contributed by atoms with Crippen molar-refractivity contribution in [3.8, 4) is 0 Å². The standard InChI is InChI=1S/C19H26N4O2/c24-18-7-3-12-23(18)15-4-2-11-22(13-10-15)19(25)21-17-6-1-5-16(20-17)14-8-9-14/h1,5-6,14-15H,2-4,7-13H2,(H,20,21,25). The number of anilines is 1. The Labute approximate surface area is 148 Å². The summed E-state index contributed by atoms with van der Waals surface area (Å²) in [6.07, 6.45) is 6.86. The molecule has 134 valence electrons. The van der Waals surface area contributed by atoms with Crippen LogP contribution in [-0.4, -0.2) is 52.4 Å². The molecule has 1 aromatic rings. The second-order valence-corrected chi connectivity index (χ2v) is 7.41. The van der Waals surface area contributed by atoms with Crippen LogP contribution in [0.2, 0.25) is 0 Å². The Morgan fingerprint density at radius 3 is 2.72 bits per heavy atom. The molecular weight excluding hydrogens is 316 g/mol. The SMILES string of the molecule is O=C(Nc1cccc(C2CC2)n1)N1CCCC(N2CCCC2=O)CC1. The number of pyridine rings is 1. The second-order valence-electron chi connectivity index (χ2n) is 7.41. The van der Waals surface area contributed by atoms with E-state index in [1.54, 1.807) is 0 Å². The number of hydrogen-bond donors (Lipinski definition) is 1. The van der Waals surface area contributed by atoms with E-state index in [9.17, 15) is 9.59 Å². The number of likely N-dealkylation sites (tertiary alicyclic amines) is 2. The molecule has 1 atom stereocenters. The Bertz CT molecular complexity index is 659. The van der Waals surface area contributed by atoms with Crippen molar-refractivity contribution in [3.63, 3.8) is 0 Å². The van der Waals surface area contributed by atoms with Crippen LogP contribution >= 0.6 is 0 Å². The number of carbonyl (C=O) groups excluding carboxylic acids is 2. The molecule has 1 aliphatic carbocycles. The fraction of sp³-hybridized carbons (Fsp3) is 0.632. The van der Waals surface area contributed by atoms with Gasteiger partial charge in [0.2, 0.25) is 5.91 Å². The quantitative estimate of drug-likeness (QED) is 0.918. The molecule has 3 heterocycles. The van der Waals surface area contributed by atoms with Gasteiger partial charge < -0.3 is 9.80 Å². The highest BCUT2D eigenvalue weighted by molar-refractivity contribution is 5.88. The largest absolute Gasteiger partial charge is 0.340 e. The van der Waals surface area contributed by atoms with Crippen LogP contribution in [-0.2, 0) is 4.79 Å². The summed E-state index contributed by atoms with van der Waals surface area (Å²) in [5.41, 5.74) is 1.08. The van der Waals surface area contributed by atoms with Crippen molar-refractivity contribution in [1.82, 2.24) is 14.8 Å². The third-order valence-electron chi connectivity index (χ3n) is 5.54. The number of nitrogens with one attached hydrogen (secondary N) is 1. The molecule has 6 heteroatoms. The summed E-state index contributed by atoms with van der Waals surface area (Å²) in [4.78, 5) is 33.0. The molecule has 0 radical (unpaired) electrons.